The molecule has 0 atom stereocenters. The number of para-hydroxylation sites is 1. The van der Waals surface area contributed by atoms with Crippen LogP contribution < -0.4 is 9.47 Å². The van der Waals surface area contributed by atoms with Gasteiger partial charge in [0.05, 0.1) is 12.1 Å². The maximum absolute atomic E-state index is 13.6. The van der Waals surface area contributed by atoms with Crippen LogP contribution in [0.15, 0.2) is 36.4 Å². The summed E-state index contributed by atoms with van der Waals surface area (Å²) in [6, 6.07) is 9.51. The Hall–Kier alpha value is -2.27. The number of hydrogen-bond acceptors (Lipinski definition) is 4. The highest BCUT2D eigenvalue weighted by Crippen LogP contribution is 2.29. The van der Waals surface area contributed by atoms with Crippen LogP contribution in [0.1, 0.15) is 11.1 Å². The summed E-state index contributed by atoms with van der Waals surface area (Å²) in [6.45, 7) is 1.68. The van der Waals surface area contributed by atoms with Gasteiger partial charge in [0.15, 0.2) is 0 Å². The van der Waals surface area contributed by atoms with Crippen molar-refractivity contribution in [3.63, 3.8) is 0 Å². The van der Waals surface area contributed by atoms with Gasteiger partial charge in [-0.3, -0.25) is 0 Å². The number of carbonyl (C=O) groups excluding carboxylic acids is 1. The van der Waals surface area contributed by atoms with Gasteiger partial charge in [0, 0.05) is 11.6 Å². The maximum atomic E-state index is 13.6. The number of aryl methyl sites for hydroxylation is 1. The number of hydrogen-bond donors (Lipinski definition) is 0. The third-order valence-corrected chi connectivity index (χ3v) is 3.22. The first-order chi connectivity index (χ1) is 10.5. The van der Waals surface area contributed by atoms with Crippen LogP contribution >= 0.6 is 11.6 Å². The lowest BCUT2D eigenvalue weighted by molar-refractivity contribution is 0.120. The van der Waals surface area contributed by atoms with Crippen molar-refractivity contribution >= 4 is 17.8 Å². The van der Waals surface area contributed by atoms with E-state index >= 15 is 0 Å². The van der Waals surface area contributed by atoms with Crippen molar-refractivity contribution in [1.29, 1.82) is 0 Å². The molecule has 4 nitrogen and oxygen atoms in total. The fourth-order valence-corrected chi connectivity index (χ4v) is 2.02. The molecule has 0 saturated heterocycles. The number of halogens is 2. The van der Waals surface area contributed by atoms with Gasteiger partial charge in [-0.05, 0) is 24.6 Å². The largest absolute Gasteiger partial charge is 0.513 e. The van der Waals surface area contributed by atoms with Gasteiger partial charge in [-0.15, -0.1) is 0 Å². The van der Waals surface area contributed by atoms with Gasteiger partial charge < -0.3 is 14.2 Å². The molecule has 0 radical (unpaired) electrons. The Bertz CT molecular complexity index is 688. The molecular formula is C16H14ClFO4. The summed E-state index contributed by atoms with van der Waals surface area (Å²) in [7, 11) is 1.22. The molecule has 2 aromatic carbocycles. The van der Waals surface area contributed by atoms with Gasteiger partial charge in [0.1, 0.15) is 23.9 Å². The second-order valence-electron chi connectivity index (χ2n) is 4.48. The zero-order chi connectivity index (χ0) is 16.1. The predicted octanol–water partition coefficient (Wildman–Crippen LogP) is 4.51. The molecule has 2 rings (SSSR count). The normalized spacial score (nSPS) is 10.2. The van der Waals surface area contributed by atoms with Crippen molar-refractivity contribution in [1.82, 2.24) is 0 Å². The van der Waals surface area contributed by atoms with E-state index in [0.717, 1.165) is 0 Å². The zero-order valence-corrected chi connectivity index (χ0v) is 12.8. The van der Waals surface area contributed by atoms with E-state index in [1.165, 1.54) is 19.2 Å². The quantitative estimate of drug-likeness (QED) is 0.613. The smallest absolute Gasteiger partial charge is 0.487 e. The topological polar surface area (TPSA) is 44.8 Å². The SMILES string of the molecule is COC(=O)Oc1ccccc1COc1cc(F)c(C)cc1Cl. The highest BCUT2D eigenvalue weighted by molar-refractivity contribution is 6.32. The van der Waals surface area contributed by atoms with Crippen molar-refractivity contribution in [2.24, 2.45) is 0 Å². The van der Waals surface area contributed by atoms with E-state index in [-0.39, 0.29) is 12.4 Å². The summed E-state index contributed by atoms with van der Waals surface area (Å²) < 4.78 is 28.5. The van der Waals surface area contributed by atoms with Crippen molar-refractivity contribution in [2.45, 2.75) is 13.5 Å². The van der Waals surface area contributed by atoms with Gasteiger partial charge in [-0.25, -0.2) is 9.18 Å². The summed E-state index contributed by atoms with van der Waals surface area (Å²) in [5.74, 6) is 0.120. The lowest BCUT2D eigenvalue weighted by Gasteiger charge is -2.12. The third-order valence-electron chi connectivity index (χ3n) is 2.93. The molecule has 22 heavy (non-hydrogen) atoms. The van der Waals surface area contributed by atoms with Crippen molar-refractivity contribution in [2.75, 3.05) is 7.11 Å². The molecule has 0 bridgehead atoms. The Morgan fingerprint density at radius 2 is 1.95 bits per heavy atom. The van der Waals surface area contributed by atoms with Crippen LogP contribution in [0.5, 0.6) is 11.5 Å². The van der Waals surface area contributed by atoms with Gasteiger partial charge in [-0.2, -0.15) is 0 Å². The van der Waals surface area contributed by atoms with Crippen LogP contribution in [-0.2, 0) is 11.3 Å². The monoisotopic (exact) mass is 324 g/mol. The number of carbonyl (C=O) groups is 1. The van der Waals surface area contributed by atoms with Crippen molar-refractivity contribution in [3.8, 4) is 11.5 Å². The minimum Gasteiger partial charge on any atom is -0.487 e. The van der Waals surface area contributed by atoms with E-state index in [2.05, 4.69) is 4.74 Å². The minimum absolute atomic E-state index is 0.0649. The molecule has 0 aliphatic carbocycles. The second kappa shape index (κ2) is 7.13. The molecular weight excluding hydrogens is 311 g/mol. The summed E-state index contributed by atoms with van der Waals surface area (Å²) in [6.07, 6.45) is -0.827. The van der Waals surface area contributed by atoms with Crippen LogP contribution in [0.2, 0.25) is 5.02 Å². The molecule has 116 valence electrons. The Balaban J connectivity index is 2.15. The van der Waals surface area contributed by atoms with E-state index in [1.54, 1.807) is 31.2 Å². The molecule has 0 heterocycles. The number of ether oxygens (including phenoxy) is 3. The Kier molecular flexibility index (Phi) is 5.22. The van der Waals surface area contributed by atoms with Gasteiger partial charge in [0.25, 0.3) is 0 Å². The van der Waals surface area contributed by atoms with E-state index in [0.29, 0.717) is 21.9 Å². The molecule has 6 heteroatoms. The Morgan fingerprint density at radius 3 is 2.68 bits per heavy atom. The molecule has 0 saturated carbocycles. The number of benzene rings is 2. The van der Waals surface area contributed by atoms with E-state index in [1.807, 2.05) is 0 Å². The molecule has 2 aromatic rings. The van der Waals surface area contributed by atoms with Gasteiger partial charge in [0.2, 0.25) is 0 Å². The van der Waals surface area contributed by atoms with Crippen molar-refractivity contribution in [3.05, 3.63) is 58.4 Å². The third kappa shape index (κ3) is 3.89. The standard InChI is InChI=1S/C16H14ClFO4/c1-10-7-12(17)15(8-13(10)18)21-9-11-5-3-4-6-14(11)22-16(19)20-2/h3-8H,9H2,1-2H3. The van der Waals surface area contributed by atoms with E-state index in [4.69, 9.17) is 21.1 Å². The molecule has 0 aromatic heterocycles. The van der Waals surface area contributed by atoms with Crippen molar-refractivity contribution < 1.29 is 23.4 Å². The average molecular weight is 325 g/mol. The number of methoxy groups -OCH3 is 1. The molecule has 0 aliphatic heterocycles. The highest BCUT2D eigenvalue weighted by Gasteiger charge is 2.11. The molecule has 0 aliphatic rings. The fraction of sp³-hybridized carbons (Fsp3) is 0.188. The van der Waals surface area contributed by atoms with E-state index < -0.39 is 12.0 Å². The molecule has 0 spiro atoms. The highest BCUT2D eigenvalue weighted by atomic mass is 35.5. The first-order valence-electron chi connectivity index (χ1n) is 6.43. The zero-order valence-electron chi connectivity index (χ0n) is 12.1. The van der Waals surface area contributed by atoms with Crippen LogP contribution in [-0.4, -0.2) is 13.3 Å². The molecule has 0 N–H and O–H groups in total. The average Bonchev–Trinajstić information content (AvgIpc) is 2.50. The fourth-order valence-electron chi connectivity index (χ4n) is 1.75. The Morgan fingerprint density at radius 1 is 1.23 bits per heavy atom. The van der Waals surface area contributed by atoms with E-state index in [9.17, 15) is 9.18 Å². The minimum atomic E-state index is -0.827. The van der Waals surface area contributed by atoms with Crippen LogP contribution in [0, 0.1) is 12.7 Å². The summed E-state index contributed by atoms with van der Waals surface area (Å²) in [5.41, 5.74) is 1.04. The summed E-state index contributed by atoms with van der Waals surface area (Å²) in [4.78, 5) is 11.2. The lowest BCUT2D eigenvalue weighted by atomic mass is 10.2. The van der Waals surface area contributed by atoms with Crippen LogP contribution in [0.4, 0.5) is 9.18 Å². The molecule has 0 fully saturated rings. The lowest BCUT2D eigenvalue weighted by Crippen LogP contribution is -2.09. The first kappa shape index (κ1) is 16.1. The summed E-state index contributed by atoms with van der Waals surface area (Å²) in [5, 5.41) is 0.310. The predicted molar refractivity (Wildman–Crippen MR) is 80.0 cm³/mol. The van der Waals surface area contributed by atoms with Gasteiger partial charge in [-0.1, -0.05) is 29.8 Å². The van der Waals surface area contributed by atoms with Crippen LogP contribution in [0.25, 0.3) is 0 Å². The van der Waals surface area contributed by atoms with Crippen LogP contribution in [0.3, 0.4) is 0 Å². The Labute approximate surface area is 132 Å². The molecule has 0 unspecified atom stereocenters. The maximum Gasteiger partial charge on any atom is 0.513 e. The van der Waals surface area contributed by atoms with Gasteiger partial charge >= 0.3 is 6.16 Å². The first-order valence-corrected chi connectivity index (χ1v) is 6.81. The summed E-state index contributed by atoms with van der Waals surface area (Å²) >= 11 is 6.02. The number of rotatable bonds is 4. The second-order valence-corrected chi connectivity index (χ2v) is 4.89. The molecule has 0 amide bonds.